The van der Waals surface area contributed by atoms with Crippen molar-refractivity contribution in [3.8, 4) is 0 Å². The van der Waals surface area contributed by atoms with Gasteiger partial charge in [0.15, 0.2) is 0 Å². The van der Waals surface area contributed by atoms with E-state index in [0.717, 1.165) is 24.7 Å². The van der Waals surface area contributed by atoms with Crippen LogP contribution in [0.2, 0.25) is 0 Å². The molecule has 4 heteroatoms. The third kappa shape index (κ3) is 7.21. The van der Waals surface area contributed by atoms with Gasteiger partial charge in [0, 0.05) is 5.92 Å². The van der Waals surface area contributed by atoms with Crippen LogP contribution in [0.5, 0.6) is 0 Å². The quantitative estimate of drug-likeness (QED) is 0.293. The monoisotopic (exact) mass is 476 g/mol. The van der Waals surface area contributed by atoms with Crippen molar-refractivity contribution < 1.29 is 17.6 Å². The zero-order valence-corrected chi connectivity index (χ0v) is 20.5. The van der Waals surface area contributed by atoms with Crippen molar-refractivity contribution in [2.75, 3.05) is 0 Å². The van der Waals surface area contributed by atoms with Crippen molar-refractivity contribution in [2.45, 2.75) is 102 Å². The van der Waals surface area contributed by atoms with Gasteiger partial charge in [-0.25, -0.2) is 4.39 Å². The fourth-order valence-corrected chi connectivity index (χ4v) is 6.45. The summed E-state index contributed by atoms with van der Waals surface area (Å²) in [5.74, 6) is 1.71. The molecule has 188 valence electrons. The Balaban J connectivity index is 1.20. The van der Waals surface area contributed by atoms with Gasteiger partial charge in [0.2, 0.25) is 0 Å². The van der Waals surface area contributed by atoms with Crippen LogP contribution in [-0.2, 0) is 0 Å². The Labute approximate surface area is 202 Å². The van der Waals surface area contributed by atoms with Gasteiger partial charge in [-0.1, -0.05) is 56.2 Å². The van der Waals surface area contributed by atoms with Gasteiger partial charge < -0.3 is 0 Å². The molecule has 1 aromatic rings. The molecule has 3 aliphatic carbocycles. The molecule has 0 aliphatic heterocycles. The molecule has 34 heavy (non-hydrogen) atoms. The molecule has 1 aromatic carbocycles. The minimum absolute atomic E-state index is 0.157. The topological polar surface area (TPSA) is 0 Å². The first-order valence-corrected chi connectivity index (χ1v) is 13.5. The Bertz CT molecular complexity index is 810. The van der Waals surface area contributed by atoms with Crippen LogP contribution >= 0.6 is 0 Å². The predicted molar refractivity (Wildman–Crippen MR) is 131 cm³/mol. The van der Waals surface area contributed by atoms with E-state index in [9.17, 15) is 17.6 Å². The molecule has 0 aromatic heterocycles. The lowest BCUT2D eigenvalue weighted by atomic mass is 9.76. The zero-order valence-electron chi connectivity index (χ0n) is 20.5. The number of halogens is 4. The number of alkyl halides is 3. The summed E-state index contributed by atoms with van der Waals surface area (Å²) in [5.41, 5.74) is 3.01. The Hall–Kier alpha value is -1.58. The van der Waals surface area contributed by atoms with Crippen LogP contribution in [0.1, 0.15) is 107 Å². The average Bonchev–Trinajstić information content (AvgIpc) is 2.83. The van der Waals surface area contributed by atoms with E-state index < -0.39 is 17.9 Å². The first-order valence-electron chi connectivity index (χ1n) is 13.5. The van der Waals surface area contributed by atoms with Crippen molar-refractivity contribution in [2.24, 2.45) is 23.7 Å². The van der Waals surface area contributed by atoms with E-state index in [0.29, 0.717) is 30.6 Å². The van der Waals surface area contributed by atoms with Gasteiger partial charge in [0.05, 0.1) is 6.08 Å². The smallest absolute Gasteiger partial charge is 0.212 e. The SMILES string of the molecule is CC1CCC(c2ccc(C3CCC(/C=C/C4CCC(/C(F)=C/C(F)(F)F)CC4)CC3)cc2)CC1. The maximum atomic E-state index is 13.8. The van der Waals surface area contributed by atoms with Crippen LogP contribution in [-0.4, -0.2) is 6.18 Å². The number of allylic oxidation sites excluding steroid dienone is 4. The summed E-state index contributed by atoms with van der Waals surface area (Å²) in [5, 5.41) is 0. The van der Waals surface area contributed by atoms with Gasteiger partial charge >= 0.3 is 6.18 Å². The van der Waals surface area contributed by atoms with E-state index in [1.165, 1.54) is 62.5 Å². The molecule has 3 aliphatic rings. The largest absolute Gasteiger partial charge is 0.412 e. The highest BCUT2D eigenvalue weighted by molar-refractivity contribution is 5.28. The van der Waals surface area contributed by atoms with Gasteiger partial charge in [0.25, 0.3) is 0 Å². The Morgan fingerprint density at radius 3 is 1.53 bits per heavy atom. The molecule has 3 fully saturated rings. The molecular formula is C30H40F4. The van der Waals surface area contributed by atoms with E-state index in [1.807, 2.05) is 0 Å². The minimum Gasteiger partial charge on any atom is -0.212 e. The summed E-state index contributed by atoms with van der Waals surface area (Å²) in [6.45, 7) is 2.37. The highest BCUT2D eigenvalue weighted by Crippen LogP contribution is 2.40. The fourth-order valence-electron chi connectivity index (χ4n) is 6.45. The molecule has 0 heterocycles. The molecule has 0 radical (unpaired) electrons. The molecule has 0 nitrogen and oxygen atoms in total. The predicted octanol–water partition coefficient (Wildman–Crippen LogP) is 10.0. The number of benzene rings is 1. The number of rotatable bonds is 5. The second kappa shape index (κ2) is 11.4. The molecule has 3 saturated carbocycles. The van der Waals surface area contributed by atoms with E-state index in [-0.39, 0.29) is 6.08 Å². The normalized spacial score (nSPS) is 33.9. The summed E-state index contributed by atoms with van der Waals surface area (Å²) in [4.78, 5) is 0. The summed E-state index contributed by atoms with van der Waals surface area (Å²) < 4.78 is 51.0. The number of hydrogen-bond donors (Lipinski definition) is 0. The lowest BCUT2D eigenvalue weighted by Crippen LogP contribution is -2.16. The van der Waals surface area contributed by atoms with Crippen molar-refractivity contribution in [3.63, 3.8) is 0 Å². The highest BCUT2D eigenvalue weighted by atomic mass is 19.4. The molecular weight excluding hydrogens is 436 g/mol. The lowest BCUT2D eigenvalue weighted by Gasteiger charge is -2.29. The van der Waals surface area contributed by atoms with Gasteiger partial charge in [0.1, 0.15) is 5.83 Å². The van der Waals surface area contributed by atoms with Crippen LogP contribution in [0.3, 0.4) is 0 Å². The highest BCUT2D eigenvalue weighted by Gasteiger charge is 2.30. The molecule has 0 bridgehead atoms. The van der Waals surface area contributed by atoms with Gasteiger partial charge in [-0.2, -0.15) is 13.2 Å². The second-order valence-electron chi connectivity index (χ2n) is 11.3. The van der Waals surface area contributed by atoms with E-state index in [4.69, 9.17) is 0 Å². The third-order valence-corrected chi connectivity index (χ3v) is 8.79. The zero-order chi connectivity index (χ0) is 24.1. The number of hydrogen-bond acceptors (Lipinski definition) is 0. The van der Waals surface area contributed by atoms with Crippen molar-refractivity contribution >= 4 is 0 Å². The van der Waals surface area contributed by atoms with Crippen LogP contribution in [0.25, 0.3) is 0 Å². The van der Waals surface area contributed by atoms with Crippen molar-refractivity contribution in [3.05, 3.63) is 59.4 Å². The summed E-state index contributed by atoms with van der Waals surface area (Å²) in [6.07, 6.45) is 12.7. The molecule has 0 amide bonds. The van der Waals surface area contributed by atoms with E-state index in [2.05, 4.69) is 43.3 Å². The lowest BCUT2D eigenvalue weighted by molar-refractivity contribution is -0.0820. The molecule has 0 saturated heterocycles. The van der Waals surface area contributed by atoms with Crippen molar-refractivity contribution in [1.82, 2.24) is 0 Å². The molecule has 0 atom stereocenters. The first-order chi connectivity index (χ1) is 16.3. The van der Waals surface area contributed by atoms with Crippen LogP contribution in [0, 0.1) is 23.7 Å². The van der Waals surface area contributed by atoms with Gasteiger partial charge in [-0.3, -0.25) is 0 Å². The molecule has 4 rings (SSSR count). The van der Waals surface area contributed by atoms with E-state index >= 15 is 0 Å². The molecule has 0 unspecified atom stereocenters. The standard InChI is InChI=1S/C30H40F4/c1-21-2-10-24(11-3-21)26-16-18-27(19-17-26)25-12-6-22(7-13-25)4-5-23-8-14-28(15-9-23)29(31)20-30(32,33)34/h4-5,16-25,28H,2-3,6-15H2,1H3/b5-4+,29-20-. The summed E-state index contributed by atoms with van der Waals surface area (Å²) in [6, 6.07) is 9.51. The first kappa shape index (κ1) is 25.5. The van der Waals surface area contributed by atoms with Crippen LogP contribution in [0.4, 0.5) is 17.6 Å². The van der Waals surface area contributed by atoms with Crippen molar-refractivity contribution in [1.29, 1.82) is 0 Å². The van der Waals surface area contributed by atoms with Gasteiger partial charge in [-0.05, 0) is 105 Å². The van der Waals surface area contributed by atoms with E-state index in [1.54, 1.807) is 0 Å². The van der Waals surface area contributed by atoms with Crippen LogP contribution in [0.15, 0.2) is 48.3 Å². The Morgan fingerprint density at radius 2 is 1.09 bits per heavy atom. The minimum atomic E-state index is -4.56. The fraction of sp³-hybridized carbons (Fsp3) is 0.667. The molecule has 0 spiro atoms. The Kier molecular flexibility index (Phi) is 8.58. The average molecular weight is 477 g/mol. The Morgan fingerprint density at radius 1 is 0.676 bits per heavy atom. The summed E-state index contributed by atoms with van der Waals surface area (Å²) in [7, 11) is 0. The van der Waals surface area contributed by atoms with Gasteiger partial charge in [-0.15, -0.1) is 0 Å². The second-order valence-corrected chi connectivity index (χ2v) is 11.3. The third-order valence-electron chi connectivity index (χ3n) is 8.79. The van der Waals surface area contributed by atoms with Crippen LogP contribution < -0.4 is 0 Å². The maximum Gasteiger partial charge on any atom is 0.412 e. The molecule has 0 N–H and O–H groups in total. The maximum absolute atomic E-state index is 13.8. The summed E-state index contributed by atoms with van der Waals surface area (Å²) >= 11 is 0.